The topological polar surface area (TPSA) is 67.4 Å². The highest BCUT2D eigenvalue weighted by molar-refractivity contribution is 7.89. The van der Waals surface area contributed by atoms with Gasteiger partial charge in [0, 0.05) is 20.2 Å². The lowest BCUT2D eigenvalue weighted by atomic mass is 10.1. The molecule has 0 bridgehead atoms. The third-order valence-corrected chi connectivity index (χ3v) is 4.67. The van der Waals surface area contributed by atoms with Crippen molar-refractivity contribution in [3.8, 4) is 0 Å². The Kier molecular flexibility index (Phi) is 7.88. The minimum Gasteiger partial charge on any atom is -0.383 e. The average Bonchev–Trinajstić information content (AvgIpc) is 2.47. The highest BCUT2D eigenvalue weighted by Gasteiger charge is 2.15. The van der Waals surface area contributed by atoms with E-state index in [-0.39, 0.29) is 6.54 Å². The molecule has 0 aromatic heterocycles. The molecule has 0 aliphatic heterocycles. The maximum Gasteiger partial charge on any atom is 0.240 e. The van der Waals surface area contributed by atoms with E-state index < -0.39 is 10.0 Å². The second-order valence-corrected chi connectivity index (χ2v) is 6.62. The van der Waals surface area contributed by atoms with Gasteiger partial charge >= 0.3 is 0 Å². The Labute approximate surface area is 128 Å². The summed E-state index contributed by atoms with van der Waals surface area (Å²) in [6.45, 7) is 6.43. The fourth-order valence-electron chi connectivity index (χ4n) is 2.04. The van der Waals surface area contributed by atoms with Crippen LogP contribution in [0.25, 0.3) is 0 Å². The minimum atomic E-state index is -3.47. The van der Waals surface area contributed by atoms with Gasteiger partial charge < -0.3 is 10.1 Å². The van der Waals surface area contributed by atoms with Crippen molar-refractivity contribution in [2.45, 2.75) is 38.1 Å². The molecule has 0 aliphatic rings. The number of benzene rings is 1. The summed E-state index contributed by atoms with van der Waals surface area (Å²) in [5.74, 6) is 0. The van der Waals surface area contributed by atoms with E-state index in [2.05, 4.69) is 23.9 Å². The lowest BCUT2D eigenvalue weighted by molar-refractivity contribution is 0.204. The normalized spacial score (nSPS) is 11.8. The molecule has 0 radical (unpaired) electrons. The number of ether oxygens (including phenoxy) is 1. The van der Waals surface area contributed by atoms with Crippen LogP contribution < -0.4 is 10.0 Å². The Morgan fingerprint density at radius 3 is 2.52 bits per heavy atom. The first-order chi connectivity index (χ1) is 10.0. The first-order valence-corrected chi connectivity index (χ1v) is 8.84. The predicted octanol–water partition coefficient (Wildman–Crippen LogP) is 1.67. The van der Waals surface area contributed by atoms with E-state index in [1.807, 2.05) is 6.07 Å². The largest absolute Gasteiger partial charge is 0.383 e. The van der Waals surface area contributed by atoms with Gasteiger partial charge in [-0.05, 0) is 42.6 Å². The number of hydrogen-bond donors (Lipinski definition) is 2. The van der Waals surface area contributed by atoms with Crippen LogP contribution in [0.2, 0.25) is 0 Å². The molecule has 1 aromatic carbocycles. The lowest BCUT2D eigenvalue weighted by Gasteiger charge is -2.12. The minimum absolute atomic E-state index is 0.276. The molecular weight excluding hydrogens is 288 g/mol. The summed E-state index contributed by atoms with van der Waals surface area (Å²) >= 11 is 0. The van der Waals surface area contributed by atoms with Gasteiger partial charge in [0.2, 0.25) is 10.0 Å². The summed E-state index contributed by atoms with van der Waals surface area (Å²) in [4.78, 5) is 0.309. The summed E-state index contributed by atoms with van der Waals surface area (Å²) < 4.78 is 31.8. The van der Waals surface area contributed by atoms with Crippen LogP contribution in [0, 0.1) is 0 Å². The monoisotopic (exact) mass is 314 g/mol. The van der Waals surface area contributed by atoms with Crippen molar-refractivity contribution < 1.29 is 13.2 Å². The number of rotatable bonds is 10. The Morgan fingerprint density at radius 2 is 1.90 bits per heavy atom. The fourth-order valence-corrected chi connectivity index (χ4v) is 3.10. The van der Waals surface area contributed by atoms with Crippen LogP contribution in [0.15, 0.2) is 23.1 Å². The third kappa shape index (κ3) is 5.74. The molecular formula is C15H26N2O3S. The SMILES string of the molecule is CCCNCc1cc(S(=O)(=O)NCCOC)ccc1CC. The first kappa shape index (κ1) is 18.1. The number of aryl methyl sites for hydroxylation is 1. The van der Waals surface area contributed by atoms with Gasteiger partial charge in [-0.25, -0.2) is 13.1 Å². The Hall–Kier alpha value is -0.950. The van der Waals surface area contributed by atoms with Gasteiger partial charge in [0.05, 0.1) is 11.5 Å². The smallest absolute Gasteiger partial charge is 0.240 e. The Morgan fingerprint density at radius 1 is 1.14 bits per heavy atom. The van der Waals surface area contributed by atoms with Crippen LogP contribution in [-0.2, 0) is 27.7 Å². The average molecular weight is 314 g/mol. The van der Waals surface area contributed by atoms with E-state index in [9.17, 15) is 8.42 Å². The molecule has 0 heterocycles. The maximum atomic E-state index is 12.2. The summed E-state index contributed by atoms with van der Waals surface area (Å²) in [5.41, 5.74) is 2.22. The highest BCUT2D eigenvalue weighted by Crippen LogP contribution is 2.17. The van der Waals surface area contributed by atoms with Crippen molar-refractivity contribution >= 4 is 10.0 Å². The molecule has 0 atom stereocenters. The van der Waals surface area contributed by atoms with Crippen LogP contribution in [0.4, 0.5) is 0 Å². The number of methoxy groups -OCH3 is 1. The zero-order valence-electron chi connectivity index (χ0n) is 13.1. The molecule has 0 unspecified atom stereocenters. The predicted molar refractivity (Wildman–Crippen MR) is 84.9 cm³/mol. The molecule has 6 heteroatoms. The molecule has 120 valence electrons. The van der Waals surface area contributed by atoms with E-state index in [1.165, 1.54) is 5.56 Å². The van der Waals surface area contributed by atoms with Gasteiger partial charge in [0.15, 0.2) is 0 Å². The second-order valence-electron chi connectivity index (χ2n) is 4.85. The van der Waals surface area contributed by atoms with Crippen molar-refractivity contribution in [3.63, 3.8) is 0 Å². The van der Waals surface area contributed by atoms with E-state index in [0.717, 1.165) is 24.9 Å². The molecule has 0 fully saturated rings. The van der Waals surface area contributed by atoms with Crippen LogP contribution in [0.1, 0.15) is 31.4 Å². The first-order valence-electron chi connectivity index (χ1n) is 7.36. The second kappa shape index (κ2) is 9.15. The molecule has 0 saturated carbocycles. The van der Waals surface area contributed by atoms with Gasteiger partial charge in [-0.2, -0.15) is 0 Å². The summed E-state index contributed by atoms with van der Waals surface area (Å²) in [6.07, 6.45) is 1.94. The summed E-state index contributed by atoms with van der Waals surface area (Å²) in [5, 5.41) is 3.32. The van der Waals surface area contributed by atoms with E-state index in [1.54, 1.807) is 19.2 Å². The standard InChI is InChI=1S/C15H26N2O3S/c1-4-8-16-12-14-11-15(7-6-13(14)5-2)21(18,19)17-9-10-20-3/h6-7,11,16-17H,4-5,8-10,12H2,1-3H3. The van der Waals surface area contributed by atoms with Crippen molar-refractivity contribution in [1.29, 1.82) is 0 Å². The van der Waals surface area contributed by atoms with Crippen LogP contribution in [0.5, 0.6) is 0 Å². The number of nitrogens with one attached hydrogen (secondary N) is 2. The third-order valence-electron chi connectivity index (χ3n) is 3.21. The van der Waals surface area contributed by atoms with Crippen LogP contribution in [0.3, 0.4) is 0 Å². The number of hydrogen-bond acceptors (Lipinski definition) is 4. The molecule has 0 spiro atoms. The fraction of sp³-hybridized carbons (Fsp3) is 0.600. The van der Waals surface area contributed by atoms with Crippen LogP contribution >= 0.6 is 0 Å². The molecule has 0 saturated heterocycles. The number of sulfonamides is 1. The molecule has 2 N–H and O–H groups in total. The van der Waals surface area contributed by atoms with Crippen LogP contribution in [-0.4, -0.2) is 35.2 Å². The van der Waals surface area contributed by atoms with E-state index in [0.29, 0.717) is 18.0 Å². The molecule has 0 aliphatic carbocycles. The zero-order valence-corrected chi connectivity index (χ0v) is 13.9. The van der Waals surface area contributed by atoms with E-state index >= 15 is 0 Å². The maximum absolute atomic E-state index is 12.2. The van der Waals surface area contributed by atoms with E-state index in [4.69, 9.17) is 4.74 Å². The molecule has 1 aromatic rings. The molecule has 21 heavy (non-hydrogen) atoms. The quantitative estimate of drug-likeness (QED) is 0.645. The van der Waals surface area contributed by atoms with Crippen molar-refractivity contribution in [1.82, 2.24) is 10.0 Å². The summed E-state index contributed by atoms with van der Waals surface area (Å²) in [7, 11) is -1.92. The van der Waals surface area contributed by atoms with Gasteiger partial charge in [0.1, 0.15) is 0 Å². The molecule has 5 nitrogen and oxygen atoms in total. The van der Waals surface area contributed by atoms with Crippen molar-refractivity contribution in [3.05, 3.63) is 29.3 Å². The lowest BCUT2D eigenvalue weighted by Crippen LogP contribution is -2.27. The Bertz CT molecular complexity index is 530. The summed E-state index contributed by atoms with van der Waals surface area (Å²) in [6, 6.07) is 5.32. The van der Waals surface area contributed by atoms with Gasteiger partial charge in [-0.15, -0.1) is 0 Å². The van der Waals surface area contributed by atoms with Crippen molar-refractivity contribution in [2.24, 2.45) is 0 Å². The van der Waals surface area contributed by atoms with Gasteiger partial charge in [0.25, 0.3) is 0 Å². The zero-order chi connectivity index (χ0) is 15.7. The molecule has 0 amide bonds. The van der Waals surface area contributed by atoms with Gasteiger partial charge in [-0.1, -0.05) is 19.9 Å². The molecule has 1 rings (SSSR count). The van der Waals surface area contributed by atoms with Gasteiger partial charge in [-0.3, -0.25) is 0 Å². The highest BCUT2D eigenvalue weighted by atomic mass is 32.2. The Balaban J connectivity index is 2.90. The van der Waals surface area contributed by atoms with Crippen molar-refractivity contribution in [2.75, 3.05) is 26.8 Å².